The molecule has 0 atom stereocenters. The summed E-state index contributed by atoms with van der Waals surface area (Å²) in [7, 11) is 0. The number of carbonyl (C=O) groups is 1. The lowest BCUT2D eigenvalue weighted by atomic mass is 9.83. The summed E-state index contributed by atoms with van der Waals surface area (Å²) in [4.78, 5) is 11.7. The Hall–Kier alpha value is -0.990. The fraction of sp³-hybridized carbons (Fsp3) is 0.812. The van der Waals surface area contributed by atoms with Crippen LogP contribution in [0.1, 0.15) is 66.2 Å². The molecule has 1 amide bonds. The fourth-order valence-corrected chi connectivity index (χ4v) is 2.57. The molecule has 1 rings (SSSR count). The van der Waals surface area contributed by atoms with E-state index in [1.54, 1.807) is 0 Å². The summed E-state index contributed by atoms with van der Waals surface area (Å²) < 4.78 is 5.29. The van der Waals surface area contributed by atoms with Gasteiger partial charge >= 0.3 is 6.09 Å². The number of rotatable bonds is 4. The largest absolute Gasteiger partial charge is 0.444 e. The van der Waals surface area contributed by atoms with Crippen molar-refractivity contribution in [1.82, 2.24) is 5.32 Å². The van der Waals surface area contributed by atoms with Crippen LogP contribution in [0.25, 0.3) is 0 Å². The molecule has 0 unspecified atom stereocenters. The smallest absolute Gasteiger partial charge is 0.407 e. The van der Waals surface area contributed by atoms with Crippen LogP contribution in [0.5, 0.6) is 0 Å². The van der Waals surface area contributed by atoms with Crippen LogP contribution in [0.2, 0.25) is 0 Å². The highest BCUT2D eigenvalue weighted by molar-refractivity contribution is 5.68. The van der Waals surface area contributed by atoms with Crippen molar-refractivity contribution < 1.29 is 9.53 Å². The van der Waals surface area contributed by atoms with Gasteiger partial charge in [-0.25, -0.2) is 4.79 Å². The van der Waals surface area contributed by atoms with Gasteiger partial charge in [-0.2, -0.15) is 0 Å². The van der Waals surface area contributed by atoms with Gasteiger partial charge in [0, 0.05) is 6.04 Å². The fourth-order valence-electron chi connectivity index (χ4n) is 2.57. The normalized spacial score (nSPS) is 24.4. The monoisotopic (exact) mass is 267 g/mol. The van der Waals surface area contributed by atoms with Gasteiger partial charge in [-0.05, 0) is 72.1 Å². The van der Waals surface area contributed by atoms with Crippen LogP contribution in [0.4, 0.5) is 4.79 Å². The SMILES string of the molecule is C/C=C/CC[C@H]1CC[C@H](NC(=O)OC(C)(C)C)CC1. The molecular formula is C16H29NO2. The van der Waals surface area contributed by atoms with Gasteiger partial charge in [0.1, 0.15) is 5.60 Å². The van der Waals surface area contributed by atoms with Crippen molar-refractivity contribution in [3.8, 4) is 0 Å². The molecule has 0 aliphatic heterocycles. The molecule has 0 aromatic rings. The predicted molar refractivity (Wildman–Crippen MR) is 79.2 cm³/mol. The Morgan fingerprint density at radius 2 is 1.89 bits per heavy atom. The second-order valence-electron chi connectivity index (χ2n) is 6.51. The highest BCUT2D eigenvalue weighted by atomic mass is 16.6. The molecule has 1 N–H and O–H groups in total. The first-order chi connectivity index (χ1) is 8.90. The van der Waals surface area contributed by atoms with Gasteiger partial charge < -0.3 is 10.1 Å². The highest BCUT2D eigenvalue weighted by Crippen LogP contribution is 2.28. The lowest BCUT2D eigenvalue weighted by molar-refractivity contribution is 0.0487. The van der Waals surface area contributed by atoms with E-state index in [2.05, 4.69) is 24.4 Å². The van der Waals surface area contributed by atoms with E-state index < -0.39 is 5.60 Å². The molecule has 0 bridgehead atoms. The Labute approximate surface area is 117 Å². The molecular weight excluding hydrogens is 238 g/mol. The van der Waals surface area contributed by atoms with Crippen molar-refractivity contribution >= 4 is 6.09 Å². The first-order valence-corrected chi connectivity index (χ1v) is 7.51. The summed E-state index contributed by atoms with van der Waals surface area (Å²) in [6.45, 7) is 7.75. The van der Waals surface area contributed by atoms with Crippen LogP contribution >= 0.6 is 0 Å². The molecule has 0 radical (unpaired) electrons. The van der Waals surface area contributed by atoms with E-state index in [-0.39, 0.29) is 6.09 Å². The average Bonchev–Trinajstić information content (AvgIpc) is 2.29. The summed E-state index contributed by atoms with van der Waals surface area (Å²) >= 11 is 0. The molecule has 1 aliphatic rings. The van der Waals surface area contributed by atoms with Crippen LogP contribution in [0.15, 0.2) is 12.2 Å². The maximum Gasteiger partial charge on any atom is 0.407 e. The van der Waals surface area contributed by atoms with Gasteiger partial charge in [-0.3, -0.25) is 0 Å². The van der Waals surface area contributed by atoms with Crippen molar-refractivity contribution in [1.29, 1.82) is 0 Å². The maximum absolute atomic E-state index is 11.7. The Morgan fingerprint density at radius 1 is 1.26 bits per heavy atom. The molecule has 3 heteroatoms. The lowest BCUT2D eigenvalue weighted by Crippen LogP contribution is -2.40. The van der Waals surface area contributed by atoms with E-state index in [1.165, 1.54) is 25.7 Å². The van der Waals surface area contributed by atoms with Crippen molar-refractivity contribution in [3.63, 3.8) is 0 Å². The van der Waals surface area contributed by atoms with Crippen LogP contribution in [-0.2, 0) is 4.74 Å². The average molecular weight is 267 g/mol. The number of amides is 1. The zero-order chi connectivity index (χ0) is 14.3. The van der Waals surface area contributed by atoms with Crippen molar-refractivity contribution in [2.24, 2.45) is 5.92 Å². The second-order valence-corrected chi connectivity index (χ2v) is 6.51. The van der Waals surface area contributed by atoms with Gasteiger partial charge in [0.05, 0.1) is 0 Å². The van der Waals surface area contributed by atoms with Gasteiger partial charge in [0.25, 0.3) is 0 Å². The third-order valence-electron chi connectivity index (χ3n) is 3.54. The van der Waals surface area contributed by atoms with Crippen molar-refractivity contribution in [2.75, 3.05) is 0 Å². The minimum Gasteiger partial charge on any atom is -0.444 e. The van der Waals surface area contributed by atoms with E-state index >= 15 is 0 Å². The number of carbonyl (C=O) groups excluding carboxylic acids is 1. The van der Waals surface area contributed by atoms with E-state index in [0.717, 1.165) is 18.8 Å². The lowest BCUT2D eigenvalue weighted by Gasteiger charge is -2.30. The first kappa shape index (κ1) is 16.1. The molecule has 1 fully saturated rings. The first-order valence-electron chi connectivity index (χ1n) is 7.51. The highest BCUT2D eigenvalue weighted by Gasteiger charge is 2.24. The molecule has 0 spiro atoms. The van der Waals surface area contributed by atoms with Crippen LogP contribution in [-0.4, -0.2) is 17.7 Å². The molecule has 19 heavy (non-hydrogen) atoms. The third kappa shape index (κ3) is 7.24. The Morgan fingerprint density at radius 3 is 2.42 bits per heavy atom. The molecule has 0 aromatic carbocycles. The molecule has 0 aromatic heterocycles. The maximum atomic E-state index is 11.7. The van der Waals surface area contributed by atoms with Crippen LogP contribution < -0.4 is 5.32 Å². The third-order valence-corrected chi connectivity index (χ3v) is 3.54. The minimum absolute atomic E-state index is 0.273. The minimum atomic E-state index is -0.409. The zero-order valence-electron chi connectivity index (χ0n) is 12.9. The number of hydrogen-bond donors (Lipinski definition) is 1. The van der Waals surface area contributed by atoms with Crippen LogP contribution in [0, 0.1) is 5.92 Å². The summed E-state index contributed by atoms with van der Waals surface area (Å²) in [6.07, 6.45) is 11.2. The molecule has 0 saturated heterocycles. The molecule has 110 valence electrons. The van der Waals surface area contributed by atoms with E-state index in [0.29, 0.717) is 6.04 Å². The summed E-state index contributed by atoms with van der Waals surface area (Å²) in [5.41, 5.74) is -0.409. The van der Waals surface area contributed by atoms with Crippen molar-refractivity contribution in [3.05, 3.63) is 12.2 Å². The Balaban J connectivity index is 2.21. The van der Waals surface area contributed by atoms with Gasteiger partial charge in [-0.15, -0.1) is 0 Å². The zero-order valence-corrected chi connectivity index (χ0v) is 12.9. The number of alkyl carbamates (subject to hydrolysis) is 1. The predicted octanol–water partition coefficient (Wildman–Crippen LogP) is 4.43. The van der Waals surface area contributed by atoms with Crippen LogP contribution in [0.3, 0.4) is 0 Å². The van der Waals surface area contributed by atoms with E-state index in [9.17, 15) is 4.79 Å². The number of nitrogens with one attached hydrogen (secondary N) is 1. The van der Waals surface area contributed by atoms with Gasteiger partial charge in [0.2, 0.25) is 0 Å². The van der Waals surface area contributed by atoms with E-state index in [4.69, 9.17) is 4.74 Å². The topological polar surface area (TPSA) is 38.3 Å². The van der Waals surface area contributed by atoms with Gasteiger partial charge in [-0.1, -0.05) is 12.2 Å². The molecule has 1 aliphatic carbocycles. The standard InChI is InChI=1S/C16H29NO2/c1-5-6-7-8-13-9-11-14(12-10-13)17-15(18)19-16(2,3)4/h5-6,13-14H,7-12H2,1-4H3,(H,17,18)/b6-5+/t13-,14-. The van der Waals surface area contributed by atoms with Gasteiger partial charge in [0.15, 0.2) is 0 Å². The van der Waals surface area contributed by atoms with E-state index in [1.807, 2.05) is 20.8 Å². The number of ether oxygens (including phenoxy) is 1. The Kier molecular flexibility index (Phi) is 6.40. The molecule has 1 saturated carbocycles. The van der Waals surface area contributed by atoms with Crippen molar-refractivity contribution in [2.45, 2.75) is 77.9 Å². The number of allylic oxidation sites excluding steroid dienone is 2. The Bertz CT molecular complexity index is 296. The summed E-state index contributed by atoms with van der Waals surface area (Å²) in [5.74, 6) is 0.827. The quantitative estimate of drug-likeness (QED) is 0.765. The molecule has 3 nitrogen and oxygen atoms in total. The summed E-state index contributed by atoms with van der Waals surface area (Å²) in [6, 6.07) is 0.299. The molecule has 0 heterocycles. The second kappa shape index (κ2) is 7.56. The summed E-state index contributed by atoms with van der Waals surface area (Å²) in [5, 5.41) is 2.99. The number of hydrogen-bond acceptors (Lipinski definition) is 2.